The van der Waals surface area contributed by atoms with Crippen molar-refractivity contribution in [3.63, 3.8) is 0 Å². The zero-order chi connectivity index (χ0) is 16.2. The zero-order valence-electron chi connectivity index (χ0n) is 12.3. The molecule has 3 rings (SSSR count). The summed E-state index contributed by atoms with van der Waals surface area (Å²) in [6.07, 6.45) is 1.63. The van der Waals surface area contributed by atoms with Crippen LogP contribution in [0.5, 0.6) is 0 Å². The molecule has 1 amide bonds. The third-order valence-electron chi connectivity index (χ3n) is 3.59. The van der Waals surface area contributed by atoms with Crippen LogP contribution in [0.15, 0.2) is 65.6 Å². The Morgan fingerprint density at radius 3 is 2.65 bits per heavy atom. The Morgan fingerprint density at radius 2 is 1.87 bits per heavy atom. The molecule has 0 saturated heterocycles. The Bertz CT molecular complexity index is 904. The molecule has 0 fully saturated rings. The second-order valence-corrected chi connectivity index (χ2v) is 5.67. The normalized spacial score (nSPS) is 10.7. The lowest BCUT2D eigenvalue weighted by atomic mass is 10.2. The molecule has 4 nitrogen and oxygen atoms in total. The lowest BCUT2D eigenvalue weighted by Gasteiger charge is -2.11. The Labute approximate surface area is 138 Å². The number of hydrogen-bond acceptors (Lipinski definition) is 2. The van der Waals surface area contributed by atoms with E-state index in [2.05, 4.69) is 5.32 Å². The molecule has 1 N–H and O–H groups in total. The standard InChI is InChI=1S/C18H15ClN2O2/c19-14-6-7-16-15(10-14)17(22)8-9-21(16)12-18(23)20-11-13-4-2-1-3-5-13/h1-10H,11-12H2,(H,20,23). The largest absolute Gasteiger partial charge is 0.350 e. The minimum Gasteiger partial charge on any atom is -0.350 e. The van der Waals surface area contributed by atoms with Crippen molar-refractivity contribution in [3.05, 3.63) is 81.6 Å². The number of halogens is 1. The van der Waals surface area contributed by atoms with E-state index in [0.717, 1.165) is 5.56 Å². The summed E-state index contributed by atoms with van der Waals surface area (Å²) in [6, 6.07) is 16.2. The first kappa shape index (κ1) is 15.3. The summed E-state index contributed by atoms with van der Waals surface area (Å²) in [4.78, 5) is 24.1. The van der Waals surface area contributed by atoms with E-state index < -0.39 is 0 Å². The number of hydrogen-bond donors (Lipinski definition) is 1. The number of aromatic nitrogens is 1. The van der Waals surface area contributed by atoms with Crippen LogP contribution in [0.1, 0.15) is 5.56 Å². The van der Waals surface area contributed by atoms with Crippen LogP contribution in [0.25, 0.3) is 10.9 Å². The minimum atomic E-state index is -0.117. The van der Waals surface area contributed by atoms with Crippen molar-refractivity contribution in [1.29, 1.82) is 0 Å². The average molecular weight is 327 g/mol. The molecule has 23 heavy (non-hydrogen) atoms. The summed E-state index contributed by atoms with van der Waals surface area (Å²) in [7, 11) is 0. The first-order valence-electron chi connectivity index (χ1n) is 7.23. The van der Waals surface area contributed by atoms with E-state index in [1.807, 2.05) is 30.3 Å². The van der Waals surface area contributed by atoms with Gasteiger partial charge in [0.05, 0.1) is 5.52 Å². The topological polar surface area (TPSA) is 51.1 Å². The number of carbonyl (C=O) groups is 1. The molecule has 0 spiro atoms. The molecule has 0 aliphatic carbocycles. The Morgan fingerprint density at radius 1 is 1.09 bits per heavy atom. The van der Waals surface area contributed by atoms with Gasteiger partial charge in [0.15, 0.2) is 5.43 Å². The number of amides is 1. The molecule has 116 valence electrons. The van der Waals surface area contributed by atoms with E-state index in [9.17, 15) is 9.59 Å². The summed E-state index contributed by atoms with van der Waals surface area (Å²) in [5, 5.41) is 3.89. The summed E-state index contributed by atoms with van der Waals surface area (Å²) in [5.74, 6) is -0.117. The van der Waals surface area contributed by atoms with E-state index in [-0.39, 0.29) is 17.9 Å². The van der Waals surface area contributed by atoms with Gasteiger partial charge < -0.3 is 9.88 Å². The lowest BCUT2D eigenvalue weighted by molar-refractivity contribution is -0.121. The van der Waals surface area contributed by atoms with Gasteiger partial charge in [0.1, 0.15) is 6.54 Å². The van der Waals surface area contributed by atoms with Gasteiger partial charge in [-0.3, -0.25) is 9.59 Å². The van der Waals surface area contributed by atoms with Crippen molar-refractivity contribution in [1.82, 2.24) is 9.88 Å². The van der Waals surface area contributed by atoms with Crippen molar-refractivity contribution in [2.24, 2.45) is 0 Å². The number of nitrogens with one attached hydrogen (secondary N) is 1. The first-order chi connectivity index (χ1) is 11.1. The Balaban J connectivity index is 1.77. The molecule has 0 saturated carbocycles. The molecular formula is C18H15ClN2O2. The lowest BCUT2D eigenvalue weighted by Crippen LogP contribution is -2.27. The van der Waals surface area contributed by atoms with Crippen LogP contribution in [0, 0.1) is 0 Å². The predicted molar refractivity (Wildman–Crippen MR) is 91.5 cm³/mol. The fourth-order valence-corrected chi connectivity index (χ4v) is 2.60. The molecule has 0 atom stereocenters. The molecule has 0 aliphatic heterocycles. The molecule has 0 bridgehead atoms. The molecule has 0 radical (unpaired) electrons. The SMILES string of the molecule is O=C(Cn1ccc(=O)c2cc(Cl)ccc21)NCc1ccccc1. The summed E-state index contributed by atoms with van der Waals surface area (Å²) < 4.78 is 1.74. The number of fused-ring (bicyclic) bond motifs is 1. The van der Waals surface area contributed by atoms with E-state index in [4.69, 9.17) is 11.6 Å². The molecule has 1 heterocycles. The molecule has 3 aromatic rings. The van der Waals surface area contributed by atoms with Crippen molar-refractivity contribution in [3.8, 4) is 0 Å². The summed E-state index contributed by atoms with van der Waals surface area (Å²) >= 11 is 5.94. The average Bonchev–Trinajstić information content (AvgIpc) is 2.57. The fourth-order valence-electron chi connectivity index (χ4n) is 2.43. The van der Waals surface area contributed by atoms with Gasteiger partial charge in [-0.15, -0.1) is 0 Å². The van der Waals surface area contributed by atoms with Crippen LogP contribution in [-0.2, 0) is 17.9 Å². The number of pyridine rings is 1. The first-order valence-corrected chi connectivity index (χ1v) is 7.60. The highest BCUT2D eigenvalue weighted by atomic mass is 35.5. The van der Waals surface area contributed by atoms with Crippen LogP contribution in [0.4, 0.5) is 0 Å². The molecule has 0 aliphatic rings. The maximum Gasteiger partial charge on any atom is 0.240 e. The van der Waals surface area contributed by atoms with Gasteiger partial charge in [-0.25, -0.2) is 0 Å². The van der Waals surface area contributed by atoms with Crippen LogP contribution in [0.3, 0.4) is 0 Å². The van der Waals surface area contributed by atoms with Crippen LogP contribution < -0.4 is 10.7 Å². The maximum absolute atomic E-state index is 12.1. The van der Waals surface area contributed by atoms with Crippen molar-refractivity contribution >= 4 is 28.4 Å². The fraction of sp³-hybridized carbons (Fsp3) is 0.111. The Kier molecular flexibility index (Phi) is 4.44. The second-order valence-electron chi connectivity index (χ2n) is 5.23. The van der Waals surface area contributed by atoms with Gasteiger partial charge in [0, 0.05) is 29.2 Å². The van der Waals surface area contributed by atoms with E-state index in [1.165, 1.54) is 6.07 Å². The van der Waals surface area contributed by atoms with Crippen LogP contribution in [-0.4, -0.2) is 10.5 Å². The molecular weight excluding hydrogens is 312 g/mol. The highest BCUT2D eigenvalue weighted by Gasteiger charge is 2.07. The molecule has 1 aromatic heterocycles. The van der Waals surface area contributed by atoms with Gasteiger partial charge >= 0.3 is 0 Å². The molecule has 2 aromatic carbocycles. The van der Waals surface area contributed by atoms with Gasteiger partial charge in [-0.05, 0) is 23.8 Å². The highest BCUT2D eigenvalue weighted by molar-refractivity contribution is 6.31. The quantitative estimate of drug-likeness (QED) is 0.801. The van der Waals surface area contributed by atoms with Crippen molar-refractivity contribution < 1.29 is 4.79 Å². The predicted octanol–water partition coefficient (Wildman–Crippen LogP) is 2.97. The van der Waals surface area contributed by atoms with Crippen molar-refractivity contribution in [2.75, 3.05) is 0 Å². The highest BCUT2D eigenvalue weighted by Crippen LogP contribution is 2.16. The molecule has 0 unspecified atom stereocenters. The third-order valence-corrected chi connectivity index (χ3v) is 3.82. The summed E-state index contributed by atoms with van der Waals surface area (Å²) in [5.41, 5.74) is 1.62. The van der Waals surface area contributed by atoms with E-state index in [0.29, 0.717) is 22.5 Å². The maximum atomic E-state index is 12.1. The zero-order valence-corrected chi connectivity index (χ0v) is 13.1. The monoisotopic (exact) mass is 326 g/mol. The number of nitrogens with zero attached hydrogens (tertiary/aromatic N) is 1. The third kappa shape index (κ3) is 3.60. The van der Waals surface area contributed by atoms with Crippen LogP contribution in [0.2, 0.25) is 5.02 Å². The summed E-state index contributed by atoms with van der Waals surface area (Å²) in [6.45, 7) is 0.620. The van der Waals surface area contributed by atoms with Crippen LogP contribution >= 0.6 is 11.6 Å². The van der Waals surface area contributed by atoms with Gasteiger partial charge in [0.25, 0.3) is 0 Å². The van der Waals surface area contributed by atoms with Gasteiger partial charge in [-0.2, -0.15) is 0 Å². The van der Waals surface area contributed by atoms with Crippen molar-refractivity contribution in [2.45, 2.75) is 13.1 Å². The van der Waals surface area contributed by atoms with E-state index in [1.54, 1.807) is 29.0 Å². The van der Waals surface area contributed by atoms with E-state index >= 15 is 0 Å². The molecule has 5 heteroatoms. The number of rotatable bonds is 4. The Hall–Kier alpha value is -2.59. The minimum absolute atomic E-state index is 0.108. The smallest absolute Gasteiger partial charge is 0.240 e. The van der Waals surface area contributed by atoms with Gasteiger partial charge in [0.2, 0.25) is 5.91 Å². The number of benzene rings is 2. The second kappa shape index (κ2) is 6.67. The number of carbonyl (C=O) groups excluding carboxylic acids is 1. The van der Waals surface area contributed by atoms with Gasteiger partial charge in [-0.1, -0.05) is 41.9 Å².